The molecule has 0 saturated carbocycles. The summed E-state index contributed by atoms with van der Waals surface area (Å²) >= 11 is 0. The van der Waals surface area contributed by atoms with E-state index in [-0.39, 0.29) is 48.9 Å². The molecule has 0 aliphatic heterocycles. The van der Waals surface area contributed by atoms with Gasteiger partial charge >= 0.3 is 48.9 Å². The van der Waals surface area contributed by atoms with Crippen LogP contribution in [0.5, 0.6) is 0 Å². The molecule has 0 bridgehead atoms. The van der Waals surface area contributed by atoms with Crippen molar-refractivity contribution in [3.05, 3.63) is 0 Å². The summed E-state index contributed by atoms with van der Waals surface area (Å²) in [6, 6.07) is 0. The van der Waals surface area contributed by atoms with Crippen LogP contribution in [0.15, 0.2) is 0 Å². The van der Waals surface area contributed by atoms with Gasteiger partial charge in [-0.15, -0.1) is 0 Å². The smallest absolute Gasteiger partial charge is 0.748 e. The minimum absolute atomic E-state index is 0. The zero-order valence-corrected chi connectivity index (χ0v) is 30.8. The van der Waals surface area contributed by atoms with E-state index in [1.807, 2.05) is 0 Å². The van der Waals surface area contributed by atoms with Crippen LogP contribution >= 0.6 is 0 Å². The van der Waals surface area contributed by atoms with Gasteiger partial charge in [0.2, 0.25) is 0 Å². The van der Waals surface area contributed by atoms with E-state index in [0.717, 1.165) is 25.7 Å². The van der Waals surface area contributed by atoms with E-state index in [9.17, 15) is 25.9 Å². The van der Waals surface area contributed by atoms with Crippen LogP contribution in [0.25, 0.3) is 0 Å². The maximum absolute atomic E-state index is 10.7. The molecule has 9 heteroatoms. The van der Waals surface area contributed by atoms with Gasteiger partial charge in [-0.25, -0.2) is 16.8 Å². The average molecular weight is 692 g/mol. The molecule has 220 valence electrons. The van der Waals surface area contributed by atoms with Crippen molar-refractivity contribution in [3.63, 3.8) is 0 Å². The first kappa shape index (κ1) is 42.9. The zero-order chi connectivity index (χ0) is 27.7. The molecule has 0 saturated heterocycles. The molecular formula is C28H58BaO6S2. The van der Waals surface area contributed by atoms with Gasteiger partial charge in [0.15, 0.2) is 0 Å². The van der Waals surface area contributed by atoms with Gasteiger partial charge in [0, 0.05) is 10.5 Å². The molecule has 0 aliphatic carbocycles. The van der Waals surface area contributed by atoms with Crippen molar-refractivity contribution in [3.8, 4) is 0 Å². The normalized spacial score (nSPS) is 13.4. The molecule has 0 N–H and O–H groups in total. The third-order valence-corrected chi connectivity index (χ3v) is 9.36. The number of unbranched alkanes of at least 4 members (excludes halogenated alkanes) is 18. The molecule has 0 radical (unpaired) electrons. The molecule has 37 heavy (non-hydrogen) atoms. The van der Waals surface area contributed by atoms with Gasteiger partial charge in [-0.1, -0.05) is 142 Å². The minimum Gasteiger partial charge on any atom is -0.748 e. The monoisotopic (exact) mass is 692 g/mol. The average Bonchev–Trinajstić information content (AvgIpc) is 2.80. The Kier molecular flexibility index (Phi) is 33.5. The second kappa shape index (κ2) is 28.9. The summed E-state index contributed by atoms with van der Waals surface area (Å²) in [6.07, 6.45) is 25.6. The third kappa shape index (κ3) is 33.5. The molecule has 0 amide bonds. The summed E-state index contributed by atoms with van der Waals surface area (Å²) in [6.45, 7) is 7.47. The molecule has 0 fully saturated rings. The topological polar surface area (TPSA) is 114 Å². The van der Waals surface area contributed by atoms with Gasteiger partial charge in [0.25, 0.3) is 0 Å². The largest absolute Gasteiger partial charge is 2.00 e. The second-order valence-corrected chi connectivity index (χ2v) is 14.1. The van der Waals surface area contributed by atoms with E-state index in [0.29, 0.717) is 12.8 Å². The summed E-state index contributed by atoms with van der Waals surface area (Å²) < 4.78 is 64.0. The van der Waals surface area contributed by atoms with Crippen LogP contribution in [0.2, 0.25) is 0 Å². The van der Waals surface area contributed by atoms with Gasteiger partial charge in [-0.2, -0.15) is 0 Å². The number of hydrogen-bond donors (Lipinski definition) is 0. The Morgan fingerprint density at radius 3 is 0.811 bits per heavy atom. The minimum atomic E-state index is -4.06. The first-order valence-electron chi connectivity index (χ1n) is 14.9. The van der Waals surface area contributed by atoms with E-state index in [4.69, 9.17) is 0 Å². The van der Waals surface area contributed by atoms with Crippen molar-refractivity contribution in [1.82, 2.24) is 0 Å². The van der Waals surface area contributed by atoms with Crippen molar-refractivity contribution in [2.24, 2.45) is 0 Å². The Labute approximate surface area is 271 Å². The Bertz CT molecular complexity index is 610. The fourth-order valence-corrected chi connectivity index (χ4v) is 5.04. The Morgan fingerprint density at radius 1 is 0.432 bits per heavy atom. The molecule has 0 aromatic heterocycles. The van der Waals surface area contributed by atoms with Crippen molar-refractivity contribution in [1.29, 1.82) is 0 Å². The molecule has 0 spiro atoms. The van der Waals surface area contributed by atoms with Crippen molar-refractivity contribution < 1.29 is 25.9 Å². The SMILES string of the molecule is CCCCCCCCCCCCC(C)S(=O)(=O)[O-].CCCCCCCCCCCCC(C)S(=O)(=O)[O-].[Ba+2]. The van der Waals surface area contributed by atoms with Crippen LogP contribution in [0, 0.1) is 0 Å². The molecular weight excluding hydrogens is 634 g/mol. The summed E-state index contributed by atoms with van der Waals surface area (Å²) in [5, 5.41) is -1.43. The second-order valence-electron chi connectivity index (χ2n) is 10.5. The standard InChI is InChI=1S/2C14H30O3S.Ba/c2*1-3-4-5-6-7-8-9-10-11-12-13-14(2)18(15,16)17;/h2*14H,3-13H2,1-2H3,(H,15,16,17);/q;;+2/p-2. The van der Waals surface area contributed by atoms with Crippen molar-refractivity contribution >= 4 is 69.1 Å². The summed E-state index contributed by atoms with van der Waals surface area (Å²) in [4.78, 5) is 0. The fraction of sp³-hybridized carbons (Fsp3) is 1.00. The third-order valence-electron chi connectivity index (χ3n) is 6.91. The quantitative estimate of drug-likeness (QED) is 0.0574. The van der Waals surface area contributed by atoms with Crippen LogP contribution in [0.4, 0.5) is 0 Å². The Morgan fingerprint density at radius 2 is 0.622 bits per heavy atom. The van der Waals surface area contributed by atoms with Gasteiger partial charge in [0.05, 0.1) is 20.2 Å². The molecule has 2 atom stereocenters. The molecule has 0 heterocycles. The first-order chi connectivity index (χ1) is 17.0. The predicted octanol–water partition coefficient (Wildman–Crippen LogP) is 8.08. The van der Waals surface area contributed by atoms with E-state index >= 15 is 0 Å². The van der Waals surface area contributed by atoms with Crippen LogP contribution < -0.4 is 0 Å². The Balaban J connectivity index is -0.000000608. The first-order valence-corrected chi connectivity index (χ1v) is 17.8. The van der Waals surface area contributed by atoms with E-state index in [1.54, 1.807) is 0 Å². The van der Waals surface area contributed by atoms with E-state index in [1.165, 1.54) is 117 Å². The maximum Gasteiger partial charge on any atom is 2.00 e. The fourth-order valence-electron chi connectivity index (χ4n) is 4.13. The van der Waals surface area contributed by atoms with Crippen LogP contribution in [0.1, 0.15) is 169 Å². The molecule has 0 aromatic carbocycles. The maximum atomic E-state index is 10.7. The van der Waals surface area contributed by atoms with Gasteiger partial charge < -0.3 is 9.11 Å². The number of hydrogen-bond acceptors (Lipinski definition) is 6. The Hall–Kier alpha value is 1.39. The van der Waals surface area contributed by atoms with Gasteiger partial charge in [-0.05, 0) is 26.7 Å². The van der Waals surface area contributed by atoms with Gasteiger partial charge in [-0.3, -0.25) is 0 Å². The van der Waals surface area contributed by atoms with Gasteiger partial charge in [0.1, 0.15) is 0 Å². The van der Waals surface area contributed by atoms with E-state index in [2.05, 4.69) is 13.8 Å². The zero-order valence-electron chi connectivity index (χ0n) is 24.7. The van der Waals surface area contributed by atoms with Crippen LogP contribution in [0.3, 0.4) is 0 Å². The molecule has 0 aliphatic rings. The number of rotatable bonds is 24. The molecule has 0 aromatic rings. The summed E-state index contributed by atoms with van der Waals surface area (Å²) in [7, 11) is -8.13. The van der Waals surface area contributed by atoms with Crippen LogP contribution in [-0.2, 0) is 20.2 Å². The predicted molar refractivity (Wildman–Crippen MR) is 157 cm³/mol. The van der Waals surface area contributed by atoms with E-state index < -0.39 is 30.7 Å². The van der Waals surface area contributed by atoms with Crippen molar-refractivity contribution in [2.45, 2.75) is 179 Å². The summed E-state index contributed by atoms with van der Waals surface area (Å²) in [5.74, 6) is 0. The van der Waals surface area contributed by atoms with Crippen molar-refractivity contribution in [2.75, 3.05) is 0 Å². The summed E-state index contributed by atoms with van der Waals surface area (Å²) in [5.41, 5.74) is 0. The van der Waals surface area contributed by atoms with Crippen LogP contribution in [-0.4, -0.2) is 85.3 Å². The molecule has 2 unspecified atom stereocenters. The molecule has 6 nitrogen and oxygen atoms in total. The molecule has 0 rings (SSSR count).